The van der Waals surface area contributed by atoms with Gasteiger partial charge in [0.1, 0.15) is 5.75 Å². The van der Waals surface area contributed by atoms with Crippen LogP contribution in [0.5, 0.6) is 5.75 Å². The van der Waals surface area contributed by atoms with Crippen LogP contribution in [0.4, 0.5) is 0 Å². The molecular formula is C6H8BiBrO. The van der Waals surface area contributed by atoms with Crippen molar-refractivity contribution >= 4 is 42.1 Å². The summed E-state index contributed by atoms with van der Waals surface area (Å²) in [7, 11) is 0. The van der Waals surface area contributed by atoms with Crippen molar-refractivity contribution < 1.29 is 5.11 Å². The second-order valence-corrected chi connectivity index (χ2v) is 2.31. The Morgan fingerprint density at radius 3 is 2.11 bits per heavy atom. The fraction of sp³-hybridized carbons (Fsp3) is 0. The van der Waals surface area contributed by atoms with Gasteiger partial charge in [0.2, 0.25) is 0 Å². The zero-order valence-electron chi connectivity index (χ0n) is 4.84. The van der Waals surface area contributed by atoms with E-state index in [-0.39, 0.29) is 32.0 Å². The summed E-state index contributed by atoms with van der Waals surface area (Å²) in [5.74, 6) is 0.285. The molecule has 0 unspecified atom stereocenters. The summed E-state index contributed by atoms with van der Waals surface area (Å²) in [6.45, 7) is 0. The fourth-order valence-electron chi connectivity index (χ4n) is 0.452. The van der Waals surface area contributed by atoms with Crippen LogP contribution in [0.1, 0.15) is 0 Å². The molecule has 0 bridgehead atoms. The molecule has 9 heavy (non-hydrogen) atoms. The van der Waals surface area contributed by atoms with Gasteiger partial charge in [-0.25, -0.2) is 0 Å². The van der Waals surface area contributed by atoms with Crippen molar-refractivity contribution in [3.8, 4) is 5.75 Å². The Kier molecular flexibility index (Phi) is 4.42. The molecule has 0 radical (unpaired) electrons. The van der Waals surface area contributed by atoms with Crippen LogP contribution in [-0.2, 0) is 0 Å². The Bertz CT molecular complexity index is 169. The van der Waals surface area contributed by atoms with Crippen molar-refractivity contribution in [2.45, 2.75) is 0 Å². The van der Waals surface area contributed by atoms with E-state index in [1.165, 1.54) is 0 Å². The molecule has 0 fully saturated rings. The van der Waals surface area contributed by atoms with E-state index >= 15 is 0 Å². The van der Waals surface area contributed by atoms with Crippen LogP contribution < -0.4 is 0 Å². The Hall–Kier alpha value is 0.383. The quantitative estimate of drug-likeness (QED) is 0.661. The van der Waals surface area contributed by atoms with Crippen molar-refractivity contribution in [2.75, 3.05) is 0 Å². The van der Waals surface area contributed by atoms with Gasteiger partial charge in [0.25, 0.3) is 0 Å². The molecule has 1 rings (SSSR count). The van der Waals surface area contributed by atoms with E-state index in [0.29, 0.717) is 0 Å². The topological polar surface area (TPSA) is 20.2 Å². The molecule has 0 saturated heterocycles. The summed E-state index contributed by atoms with van der Waals surface area (Å²) in [5.41, 5.74) is 0. The van der Waals surface area contributed by atoms with Crippen molar-refractivity contribution in [3.63, 3.8) is 0 Å². The number of halogens is 1. The maximum atomic E-state index is 8.87. The Morgan fingerprint density at radius 1 is 1.22 bits per heavy atom. The second-order valence-electron chi connectivity index (χ2n) is 1.45. The average molecular weight is 385 g/mol. The number of hydrogen-bond acceptors (Lipinski definition) is 1. The summed E-state index contributed by atoms with van der Waals surface area (Å²) >= 11 is 3.15. The molecule has 0 spiro atoms. The molecular weight excluding hydrogens is 377 g/mol. The van der Waals surface area contributed by atoms with Crippen LogP contribution in [0.25, 0.3) is 0 Å². The third-order valence-corrected chi connectivity index (χ3v) is 1.52. The first kappa shape index (κ1) is 9.38. The standard InChI is InChI=1S/C6H5BrO.Bi.3H/c7-5-3-1-2-4-6(5)8;;;;/h1-4,8H;;;;. The first-order valence-electron chi connectivity index (χ1n) is 2.24. The summed E-state index contributed by atoms with van der Waals surface area (Å²) in [5, 5.41) is 8.87. The molecule has 0 heterocycles. The first-order chi connectivity index (χ1) is 3.80. The molecule has 0 aliphatic heterocycles. The van der Waals surface area contributed by atoms with E-state index in [0.717, 1.165) is 4.47 Å². The molecule has 0 atom stereocenters. The van der Waals surface area contributed by atoms with E-state index in [1.807, 2.05) is 6.07 Å². The van der Waals surface area contributed by atoms with Crippen LogP contribution in [0.3, 0.4) is 0 Å². The van der Waals surface area contributed by atoms with Gasteiger partial charge >= 0.3 is 26.2 Å². The van der Waals surface area contributed by atoms with Crippen LogP contribution in [0, 0.1) is 0 Å². The molecule has 3 heteroatoms. The molecule has 0 saturated carbocycles. The number of phenolic OH excluding ortho intramolecular Hbond substituents is 1. The van der Waals surface area contributed by atoms with E-state index in [2.05, 4.69) is 15.9 Å². The van der Waals surface area contributed by atoms with Gasteiger partial charge in [0.05, 0.1) is 4.47 Å². The van der Waals surface area contributed by atoms with E-state index in [1.54, 1.807) is 18.2 Å². The number of rotatable bonds is 0. The van der Waals surface area contributed by atoms with Gasteiger partial charge in [-0.3, -0.25) is 0 Å². The summed E-state index contributed by atoms with van der Waals surface area (Å²) in [6, 6.07) is 7.04. The monoisotopic (exact) mass is 384 g/mol. The van der Waals surface area contributed by atoms with Crippen LogP contribution in [0.2, 0.25) is 0 Å². The van der Waals surface area contributed by atoms with E-state index in [4.69, 9.17) is 5.11 Å². The summed E-state index contributed by atoms with van der Waals surface area (Å²) in [6.07, 6.45) is 0. The molecule has 50 valence electrons. The Balaban J connectivity index is 0.000000640. The van der Waals surface area contributed by atoms with Gasteiger partial charge in [-0.2, -0.15) is 0 Å². The van der Waals surface area contributed by atoms with Gasteiger partial charge in [0.15, 0.2) is 0 Å². The number of benzene rings is 1. The number of para-hydroxylation sites is 1. The zero-order valence-corrected chi connectivity index (χ0v) is 11.9. The van der Waals surface area contributed by atoms with Gasteiger partial charge in [0, 0.05) is 0 Å². The van der Waals surface area contributed by atoms with Crippen LogP contribution in [-0.4, -0.2) is 31.3 Å². The fourth-order valence-corrected chi connectivity index (χ4v) is 0.737. The van der Waals surface area contributed by atoms with Gasteiger partial charge in [-0.1, -0.05) is 12.1 Å². The van der Waals surface area contributed by atoms with Crippen molar-refractivity contribution in [1.29, 1.82) is 0 Å². The van der Waals surface area contributed by atoms with Crippen LogP contribution in [0.15, 0.2) is 28.7 Å². The van der Waals surface area contributed by atoms with Crippen molar-refractivity contribution in [3.05, 3.63) is 28.7 Å². The number of aromatic hydroxyl groups is 1. The van der Waals surface area contributed by atoms with Crippen LogP contribution >= 0.6 is 15.9 Å². The van der Waals surface area contributed by atoms with E-state index in [9.17, 15) is 0 Å². The third-order valence-electron chi connectivity index (χ3n) is 0.852. The maximum absolute atomic E-state index is 8.87. The minimum atomic E-state index is 0. The Labute approximate surface area is 81.3 Å². The van der Waals surface area contributed by atoms with Crippen molar-refractivity contribution in [2.24, 2.45) is 0 Å². The summed E-state index contributed by atoms with van der Waals surface area (Å²) in [4.78, 5) is 0. The second kappa shape index (κ2) is 4.24. The van der Waals surface area contributed by atoms with Gasteiger partial charge in [-0.15, -0.1) is 0 Å². The normalized spacial score (nSPS) is 8.11. The predicted molar refractivity (Wildman–Crippen MR) is 45.7 cm³/mol. The predicted octanol–water partition coefficient (Wildman–Crippen LogP) is 0.971. The van der Waals surface area contributed by atoms with E-state index < -0.39 is 0 Å². The number of hydrogen-bond donors (Lipinski definition) is 1. The minimum absolute atomic E-state index is 0. The average Bonchev–Trinajstić information content (AvgIpc) is 1.77. The molecule has 0 amide bonds. The molecule has 0 aliphatic rings. The van der Waals surface area contributed by atoms with Gasteiger partial charge < -0.3 is 5.11 Å². The molecule has 0 aromatic heterocycles. The van der Waals surface area contributed by atoms with Gasteiger partial charge in [-0.05, 0) is 28.1 Å². The zero-order chi connectivity index (χ0) is 5.98. The number of phenols is 1. The SMILES string of the molecule is Oc1ccccc1Br.[BiH3]. The molecule has 0 aliphatic carbocycles. The molecule has 1 nitrogen and oxygen atoms in total. The van der Waals surface area contributed by atoms with Crippen molar-refractivity contribution in [1.82, 2.24) is 0 Å². The molecule has 1 aromatic rings. The third kappa shape index (κ3) is 2.64. The molecule has 1 N–H and O–H groups in total. The summed E-state index contributed by atoms with van der Waals surface area (Å²) < 4.78 is 0.736. The molecule has 1 aromatic carbocycles. The first-order valence-corrected chi connectivity index (χ1v) is 3.03. The Morgan fingerprint density at radius 2 is 1.78 bits per heavy atom.